The molecule has 0 fully saturated rings. The second kappa shape index (κ2) is 5.88. The minimum atomic E-state index is -0.457. The molecule has 1 amide bonds. The maximum absolute atomic E-state index is 11.1. The predicted octanol–water partition coefficient (Wildman–Crippen LogP) is 2.18. The molecule has 0 saturated carbocycles. The summed E-state index contributed by atoms with van der Waals surface area (Å²) in [6, 6.07) is 8.74. The fourth-order valence-corrected chi connectivity index (χ4v) is 2.37. The maximum Gasteiger partial charge on any atom is 0.248 e. The van der Waals surface area contributed by atoms with Gasteiger partial charge in [-0.15, -0.1) is 0 Å². The number of anilines is 2. The molecule has 5 nitrogen and oxygen atoms in total. The van der Waals surface area contributed by atoms with Gasteiger partial charge in [0.25, 0.3) is 0 Å². The van der Waals surface area contributed by atoms with Crippen molar-refractivity contribution in [3.05, 3.63) is 52.8 Å². The number of primary amides is 1. The van der Waals surface area contributed by atoms with Crippen molar-refractivity contribution in [2.24, 2.45) is 11.5 Å². The Kier molecular flexibility index (Phi) is 4.18. The molecule has 2 aromatic rings. The molecule has 5 N–H and O–H groups in total. The topological polar surface area (TPSA) is 94.0 Å². The van der Waals surface area contributed by atoms with Crippen LogP contribution in [0, 0.1) is 13.8 Å². The largest absolute Gasteiger partial charge is 0.389 e. The van der Waals surface area contributed by atoms with Crippen molar-refractivity contribution in [2.75, 3.05) is 5.32 Å². The first-order chi connectivity index (χ1) is 9.88. The molecule has 6 heteroatoms. The first kappa shape index (κ1) is 14.9. The van der Waals surface area contributed by atoms with E-state index in [0.29, 0.717) is 5.56 Å². The number of rotatable bonds is 4. The summed E-state index contributed by atoms with van der Waals surface area (Å²) >= 11 is 5.09. The van der Waals surface area contributed by atoms with Crippen LogP contribution in [0.3, 0.4) is 0 Å². The zero-order valence-electron chi connectivity index (χ0n) is 11.8. The lowest BCUT2D eigenvalue weighted by atomic mass is 10.1. The van der Waals surface area contributed by atoms with Crippen molar-refractivity contribution >= 4 is 34.5 Å². The number of pyridine rings is 1. The average molecular weight is 300 g/mol. The molecule has 0 saturated heterocycles. The van der Waals surface area contributed by atoms with Gasteiger partial charge in [0.1, 0.15) is 4.99 Å². The number of benzene rings is 1. The number of nitrogens with two attached hydrogens (primary N) is 2. The number of amides is 1. The highest BCUT2D eigenvalue weighted by Crippen LogP contribution is 2.24. The summed E-state index contributed by atoms with van der Waals surface area (Å²) in [6.45, 7) is 3.76. The third kappa shape index (κ3) is 3.35. The van der Waals surface area contributed by atoms with Crippen LogP contribution in [0.25, 0.3) is 0 Å². The van der Waals surface area contributed by atoms with E-state index in [0.717, 1.165) is 28.3 Å². The van der Waals surface area contributed by atoms with Gasteiger partial charge < -0.3 is 16.8 Å². The highest BCUT2D eigenvalue weighted by atomic mass is 32.1. The van der Waals surface area contributed by atoms with Crippen molar-refractivity contribution in [1.29, 1.82) is 0 Å². The smallest absolute Gasteiger partial charge is 0.248 e. The SMILES string of the molecule is Cc1cc(Nc2ccc(C(N)=O)cc2)c(C(N)=S)c(C)n1. The van der Waals surface area contributed by atoms with E-state index in [1.54, 1.807) is 24.3 Å². The number of nitrogens with one attached hydrogen (secondary N) is 1. The molecule has 2 rings (SSSR count). The molecule has 0 radical (unpaired) electrons. The standard InChI is InChI=1S/C15H16N4OS/c1-8-7-12(13(15(17)21)9(2)18-8)19-11-5-3-10(4-6-11)14(16)20/h3-7H,1-2H3,(H2,16,20)(H2,17,21)(H,18,19). The lowest BCUT2D eigenvalue weighted by Gasteiger charge is -2.14. The summed E-state index contributed by atoms with van der Waals surface area (Å²) in [5.74, 6) is -0.457. The number of aromatic nitrogens is 1. The lowest BCUT2D eigenvalue weighted by Crippen LogP contribution is -2.15. The van der Waals surface area contributed by atoms with Crippen LogP contribution in [-0.4, -0.2) is 15.9 Å². The number of hydrogen-bond donors (Lipinski definition) is 3. The van der Waals surface area contributed by atoms with E-state index in [-0.39, 0.29) is 4.99 Å². The fourth-order valence-electron chi connectivity index (χ4n) is 2.11. The van der Waals surface area contributed by atoms with Crippen LogP contribution in [0.2, 0.25) is 0 Å². The summed E-state index contributed by atoms with van der Waals surface area (Å²) in [5, 5.41) is 3.24. The van der Waals surface area contributed by atoms with E-state index in [1.807, 2.05) is 19.9 Å². The molecule has 1 aromatic carbocycles. The number of thiocarbonyl (C=S) groups is 1. The summed E-state index contributed by atoms with van der Waals surface area (Å²) < 4.78 is 0. The number of carbonyl (C=O) groups is 1. The van der Waals surface area contributed by atoms with E-state index in [2.05, 4.69) is 10.3 Å². The van der Waals surface area contributed by atoms with Gasteiger partial charge in [0.15, 0.2) is 0 Å². The van der Waals surface area contributed by atoms with E-state index in [9.17, 15) is 4.79 Å². The summed E-state index contributed by atoms with van der Waals surface area (Å²) in [5.41, 5.74) is 15.4. The first-order valence-electron chi connectivity index (χ1n) is 6.33. The molecule has 0 spiro atoms. The Labute approximate surface area is 128 Å². The second-order valence-corrected chi connectivity index (χ2v) is 5.14. The molecule has 0 bridgehead atoms. The van der Waals surface area contributed by atoms with Crippen LogP contribution in [0.4, 0.5) is 11.4 Å². The van der Waals surface area contributed by atoms with Gasteiger partial charge in [-0.05, 0) is 44.2 Å². The zero-order chi connectivity index (χ0) is 15.6. The molecule has 21 heavy (non-hydrogen) atoms. The normalized spacial score (nSPS) is 10.2. The van der Waals surface area contributed by atoms with E-state index >= 15 is 0 Å². The minimum Gasteiger partial charge on any atom is -0.389 e. The molecule has 0 aliphatic carbocycles. The highest BCUT2D eigenvalue weighted by molar-refractivity contribution is 7.80. The second-order valence-electron chi connectivity index (χ2n) is 4.70. The van der Waals surface area contributed by atoms with Crippen molar-refractivity contribution in [3.8, 4) is 0 Å². The molecule has 0 aliphatic rings. The third-order valence-electron chi connectivity index (χ3n) is 3.02. The highest BCUT2D eigenvalue weighted by Gasteiger charge is 2.11. The van der Waals surface area contributed by atoms with Gasteiger partial charge in [-0.1, -0.05) is 12.2 Å². The zero-order valence-corrected chi connectivity index (χ0v) is 12.6. The van der Waals surface area contributed by atoms with Gasteiger partial charge in [-0.3, -0.25) is 9.78 Å². The lowest BCUT2D eigenvalue weighted by molar-refractivity contribution is 0.100. The molecular formula is C15H16N4OS. The summed E-state index contributed by atoms with van der Waals surface area (Å²) in [4.78, 5) is 15.7. The van der Waals surface area contributed by atoms with Crippen molar-refractivity contribution in [2.45, 2.75) is 13.8 Å². The van der Waals surface area contributed by atoms with Gasteiger partial charge in [0, 0.05) is 22.6 Å². The van der Waals surface area contributed by atoms with E-state index in [1.165, 1.54) is 0 Å². The Bertz CT molecular complexity index is 710. The van der Waals surface area contributed by atoms with Crippen LogP contribution in [-0.2, 0) is 0 Å². The van der Waals surface area contributed by atoms with Crippen LogP contribution in [0.5, 0.6) is 0 Å². The van der Waals surface area contributed by atoms with Crippen molar-refractivity contribution in [1.82, 2.24) is 4.98 Å². The molecule has 1 aromatic heterocycles. The van der Waals surface area contributed by atoms with Crippen molar-refractivity contribution in [3.63, 3.8) is 0 Å². The monoisotopic (exact) mass is 300 g/mol. The first-order valence-corrected chi connectivity index (χ1v) is 6.74. The van der Waals surface area contributed by atoms with Crippen LogP contribution < -0.4 is 16.8 Å². The van der Waals surface area contributed by atoms with E-state index < -0.39 is 5.91 Å². The Morgan fingerprint density at radius 2 is 1.81 bits per heavy atom. The predicted molar refractivity (Wildman–Crippen MR) is 87.8 cm³/mol. The number of carbonyl (C=O) groups excluding carboxylic acids is 1. The van der Waals surface area contributed by atoms with Gasteiger partial charge >= 0.3 is 0 Å². The molecule has 0 aliphatic heterocycles. The Morgan fingerprint density at radius 1 is 1.19 bits per heavy atom. The van der Waals surface area contributed by atoms with Gasteiger partial charge in [0.2, 0.25) is 5.91 Å². The van der Waals surface area contributed by atoms with Gasteiger partial charge in [-0.25, -0.2) is 0 Å². The Balaban J connectivity index is 2.39. The van der Waals surface area contributed by atoms with Gasteiger partial charge in [0.05, 0.1) is 11.3 Å². The number of hydrogen-bond acceptors (Lipinski definition) is 4. The molecule has 0 atom stereocenters. The molecule has 108 valence electrons. The number of aryl methyl sites for hydroxylation is 2. The van der Waals surface area contributed by atoms with E-state index in [4.69, 9.17) is 23.7 Å². The number of nitrogens with zero attached hydrogens (tertiary/aromatic N) is 1. The van der Waals surface area contributed by atoms with Crippen LogP contribution >= 0.6 is 12.2 Å². The minimum absolute atomic E-state index is 0.288. The van der Waals surface area contributed by atoms with Gasteiger partial charge in [-0.2, -0.15) is 0 Å². The van der Waals surface area contributed by atoms with Crippen LogP contribution in [0.1, 0.15) is 27.3 Å². The summed E-state index contributed by atoms with van der Waals surface area (Å²) in [6.07, 6.45) is 0. The average Bonchev–Trinajstić information content (AvgIpc) is 2.37. The molecule has 1 heterocycles. The maximum atomic E-state index is 11.1. The Morgan fingerprint density at radius 3 is 2.33 bits per heavy atom. The fraction of sp³-hybridized carbons (Fsp3) is 0.133. The quantitative estimate of drug-likeness (QED) is 0.752. The third-order valence-corrected chi connectivity index (χ3v) is 3.23. The van der Waals surface area contributed by atoms with Crippen molar-refractivity contribution < 1.29 is 4.79 Å². The summed E-state index contributed by atoms with van der Waals surface area (Å²) in [7, 11) is 0. The van der Waals surface area contributed by atoms with Crippen LogP contribution in [0.15, 0.2) is 30.3 Å². The molecule has 0 unspecified atom stereocenters. The Hall–Kier alpha value is -2.47. The molecular weight excluding hydrogens is 284 g/mol.